The smallest absolute Gasteiger partial charge is 0.330 e. The molecule has 0 rings (SSSR count). The van der Waals surface area contributed by atoms with Crippen molar-refractivity contribution in [1.82, 2.24) is 0 Å². The number of methoxy groups -OCH3 is 1. The predicted molar refractivity (Wildman–Crippen MR) is 72.7 cm³/mol. The molecule has 0 aliphatic heterocycles. The fraction of sp³-hybridized carbons (Fsp3) is 0.400. The van der Waals surface area contributed by atoms with E-state index in [2.05, 4.69) is 16.9 Å². The van der Waals surface area contributed by atoms with Crippen molar-refractivity contribution in [3.63, 3.8) is 0 Å². The van der Waals surface area contributed by atoms with E-state index in [0.717, 1.165) is 25.7 Å². The van der Waals surface area contributed by atoms with Crippen LogP contribution in [0.25, 0.3) is 0 Å². The Balaban J connectivity index is 3.40. The summed E-state index contributed by atoms with van der Waals surface area (Å²) >= 11 is 0. The van der Waals surface area contributed by atoms with Crippen LogP contribution in [-0.4, -0.2) is 13.1 Å². The van der Waals surface area contributed by atoms with Crippen molar-refractivity contribution in [3.8, 4) is 0 Å². The Morgan fingerprint density at radius 3 is 2.29 bits per heavy atom. The lowest BCUT2D eigenvalue weighted by atomic mass is 10.2. The van der Waals surface area contributed by atoms with E-state index in [0.29, 0.717) is 0 Å². The predicted octanol–water partition coefficient (Wildman–Crippen LogP) is 3.96. The van der Waals surface area contributed by atoms with Crippen LogP contribution in [0.15, 0.2) is 48.6 Å². The highest BCUT2D eigenvalue weighted by molar-refractivity contribution is 5.81. The van der Waals surface area contributed by atoms with E-state index in [4.69, 9.17) is 0 Å². The van der Waals surface area contributed by atoms with Gasteiger partial charge in [-0.2, -0.15) is 0 Å². The SMILES string of the molecule is CC=CC=CC=CCCCCC=CC(=O)OC. The molecule has 2 nitrogen and oxygen atoms in total. The maximum absolute atomic E-state index is 10.7. The van der Waals surface area contributed by atoms with E-state index in [1.54, 1.807) is 0 Å². The Morgan fingerprint density at radius 1 is 1.00 bits per heavy atom. The minimum atomic E-state index is -0.279. The Bertz CT molecular complexity index is 296. The van der Waals surface area contributed by atoms with Gasteiger partial charge in [0.2, 0.25) is 0 Å². The van der Waals surface area contributed by atoms with E-state index < -0.39 is 0 Å². The average Bonchev–Trinajstić information content (AvgIpc) is 2.35. The number of ether oxygens (including phenoxy) is 1. The zero-order valence-corrected chi connectivity index (χ0v) is 10.8. The summed E-state index contributed by atoms with van der Waals surface area (Å²) < 4.78 is 4.49. The lowest BCUT2D eigenvalue weighted by Crippen LogP contribution is -1.93. The molecule has 0 unspecified atom stereocenters. The summed E-state index contributed by atoms with van der Waals surface area (Å²) in [6.07, 6.45) is 19.8. The Morgan fingerprint density at radius 2 is 1.65 bits per heavy atom. The van der Waals surface area contributed by atoms with Crippen LogP contribution >= 0.6 is 0 Å². The number of carbonyl (C=O) groups is 1. The first-order valence-electron chi connectivity index (χ1n) is 6.00. The number of allylic oxidation sites excluding steroid dienone is 7. The van der Waals surface area contributed by atoms with Crippen LogP contribution in [0.4, 0.5) is 0 Å². The van der Waals surface area contributed by atoms with E-state index in [9.17, 15) is 4.79 Å². The van der Waals surface area contributed by atoms with Gasteiger partial charge in [-0.3, -0.25) is 0 Å². The molecule has 0 radical (unpaired) electrons. The average molecular weight is 234 g/mol. The molecule has 94 valence electrons. The maximum Gasteiger partial charge on any atom is 0.330 e. The standard InChI is InChI=1S/C15H22O2/c1-3-4-5-6-7-8-9-10-11-12-13-14-15(16)17-2/h3-8,13-14H,9-12H2,1-2H3. The van der Waals surface area contributed by atoms with E-state index in [1.165, 1.54) is 13.2 Å². The summed E-state index contributed by atoms with van der Waals surface area (Å²) in [5.74, 6) is -0.279. The van der Waals surface area contributed by atoms with E-state index >= 15 is 0 Å². The molecule has 0 N–H and O–H groups in total. The second-order valence-corrected chi connectivity index (χ2v) is 3.55. The summed E-state index contributed by atoms with van der Waals surface area (Å²) in [5.41, 5.74) is 0. The summed E-state index contributed by atoms with van der Waals surface area (Å²) in [5, 5.41) is 0. The second kappa shape index (κ2) is 12.5. The zero-order chi connectivity index (χ0) is 12.8. The molecule has 0 spiro atoms. The fourth-order valence-electron chi connectivity index (χ4n) is 1.19. The van der Waals surface area contributed by atoms with Gasteiger partial charge in [-0.1, -0.05) is 42.5 Å². The Labute approximate surface area is 104 Å². The van der Waals surface area contributed by atoms with Crippen molar-refractivity contribution in [1.29, 1.82) is 0 Å². The molecular formula is C15H22O2. The topological polar surface area (TPSA) is 26.3 Å². The first-order valence-corrected chi connectivity index (χ1v) is 6.00. The molecule has 0 fully saturated rings. The van der Waals surface area contributed by atoms with Crippen LogP contribution in [-0.2, 0) is 9.53 Å². The minimum Gasteiger partial charge on any atom is -0.466 e. The maximum atomic E-state index is 10.7. The zero-order valence-electron chi connectivity index (χ0n) is 10.8. The number of hydrogen-bond acceptors (Lipinski definition) is 2. The molecule has 0 aliphatic carbocycles. The molecule has 0 aromatic heterocycles. The van der Waals surface area contributed by atoms with E-state index in [1.807, 2.05) is 37.3 Å². The Kier molecular flexibility index (Phi) is 11.3. The third-order valence-electron chi connectivity index (χ3n) is 2.11. The van der Waals surface area contributed by atoms with Gasteiger partial charge in [-0.15, -0.1) is 0 Å². The Hall–Kier alpha value is -1.57. The molecule has 0 saturated carbocycles. The number of unbranched alkanes of at least 4 members (excludes halogenated alkanes) is 3. The van der Waals surface area contributed by atoms with Crippen molar-refractivity contribution < 1.29 is 9.53 Å². The largest absolute Gasteiger partial charge is 0.466 e. The van der Waals surface area contributed by atoms with Crippen molar-refractivity contribution in [3.05, 3.63) is 48.6 Å². The third kappa shape index (κ3) is 12.4. The fourth-order valence-corrected chi connectivity index (χ4v) is 1.19. The molecule has 0 bridgehead atoms. The third-order valence-corrected chi connectivity index (χ3v) is 2.11. The monoisotopic (exact) mass is 234 g/mol. The van der Waals surface area contributed by atoms with Gasteiger partial charge in [0.25, 0.3) is 0 Å². The lowest BCUT2D eigenvalue weighted by molar-refractivity contribution is -0.134. The van der Waals surface area contributed by atoms with Gasteiger partial charge >= 0.3 is 5.97 Å². The number of rotatable bonds is 8. The van der Waals surface area contributed by atoms with Gasteiger partial charge in [0, 0.05) is 6.08 Å². The summed E-state index contributed by atoms with van der Waals surface area (Å²) in [6, 6.07) is 0. The molecule has 0 heterocycles. The van der Waals surface area contributed by atoms with Crippen LogP contribution < -0.4 is 0 Å². The molecule has 17 heavy (non-hydrogen) atoms. The van der Waals surface area contributed by atoms with Crippen LogP contribution in [0.2, 0.25) is 0 Å². The number of carbonyl (C=O) groups excluding carboxylic acids is 1. The molecule has 0 aromatic rings. The van der Waals surface area contributed by atoms with Crippen LogP contribution in [0, 0.1) is 0 Å². The van der Waals surface area contributed by atoms with Crippen LogP contribution in [0.3, 0.4) is 0 Å². The van der Waals surface area contributed by atoms with Crippen molar-refractivity contribution in [2.75, 3.05) is 7.11 Å². The summed E-state index contributed by atoms with van der Waals surface area (Å²) in [7, 11) is 1.39. The molecule has 0 atom stereocenters. The first kappa shape index (κ1) is 15.4. The van der Waals surface area contributed by atoms with Gasteiger partial charge in [0.15, 0.2) is 0 Å². The van der Waals surface area contributed by atoms with Crippen molar-refractivity contribution in [2.45, 2.75) is 32.6 Å². The van der Waals surface area contributed by atoms with Crippen molar-refractivity contribution >= 4 is 5.97 Å². The van der Waals surface area contributed by atoms with Gasteiger partial charge < -0.3 is 4.74 Å². The highest BCUT2D eigenvalue weighted by Crippen LogP contribution is 2.01. The molecule has 0 aliphatic rings. The first-order chi connectivity index (χ1) is 8.31. The lowest BCUT2D eigenvalue weighted by Gasteiger charge is -1.93. The molecule has 0 saturated heterocycles. The highest BCUT2D eigenvalue weighted by Gasteiger charge is 1.89. The molecule has 0 amide bonds. The number of hydrogen-bond donors (Lipinski definition) is 0. The summed E-state index contributed by atoms with van der Waals surface area (Å²) in [6.45, 7) is 2.00. The summed E-state index contributed by atoms with van der Waals surface area (Å²) in [4.78, 5) is 10.7. The van der Waals surface area contributed by atoms with Crippen LogP contribution in [0.1, 0.15) is 32.6 Å². The van der Waals surface area contributed by atoms with Gasteiger partial charge in [0.1, 0.15) is 0 Å². The van der Waals surface area contributed by atoms with E-state index in [-0.39, 0.29) is 5.97 Å². The van der Waals surface area contributed by atoms with Gasteiger partial charge in [-0.25, -0.2) is 4.79 Å². The molecular weight excluding hydrogens is 212 g/mol. The molecule has 0 aromatic carbocycles. The van der Waals surface area contributed by atoms with Crippen molar-refractivity contribution in [2.24, 2.45) is 0 Å². The highest BCUT2D eigenvalue weighted by atomic mass is 16.5. The molecule has 2 heteroatoms. The quantitative estimate of drug-likeness (QED) is 0.275. The second-order valence-electron chi connectivity index (χ2n) is 3.55. The number of esters is 1. The minimum absolute atomic E-state index is 0.279. The normalized spacial score (nSPS) is 12.4. The van der Waals surface area contributed by atoms with Crippen LogP contribution in [0.5, 0.6) is 0 Å². The van der Waals surface area contributed by atoms with Gasteiger partial charge in [0.05, 0.1) is 7.11 Å². The van der Waals surface area contributed by atoms with Gasteiger partial charge in [-0.05, 0) is 32.6 Å².